The summed E-state index contributed by atoms with van der Waals surface area (Å²) in [7, 11) is 0. The zero-order chi connectivity index (χ0) is 20.6. The summed E-state index contributed by atoms with van der Waals surface area (Å²) in [6.07, 6.45) is 5.82. The highest BCUT2D eigenvalue weighted by Crippen LogP contribution is 2.27. The number of hydrogen-bond donors (Lipinski definition) is 1. The quantitative estimate of drug-likeness (QED) is 0.720. The number of anilines is 1. The molecular weight excluding hydrogens is 369 g/mol. The van der Waals surface area contributed by atoms with E-state index in [-0.39, 0.29) is 24.4 Å². The third-order valence-corrected chi connectivity index (χ3v) is 6.18. The van der Waals surface area contributed by atoms with Gasteiger partial charge < -0.3 is 15.0 Å². The van der Waals surface area contributed by atoms with Crippen LogP contribution in [0, 0.1) is 11.7 Å². The van der Waals surface area contributed by atoms with Crippen LogP contribution in [0.2, 0.25) is 0 Å². The second-order valence-corrected chi connectivity index (χ2v) is 8.71. The Hall–Kier alpha value is -1.66. The van der Waals surface area contributed by atoms with Crippen LogP contribution in [0.1, 0.15) is 46.0 Å². The molecular formula is C23H36FN3O2. The summed E-state index contributed by atoms with van der Waals surface area (Å²) in [5, 5.41) is 3.11. The average molecular weight is 406 g/mol. The van der Waals surface area contributed by atoms with Crippen LogP contribution in [0.5, 0.6) is 0 Å². The zero-order valence-corrected chi connectivity index (χ0v) is 17.9. The van der Waals surface area contributed by atoms with Crippen molar-refractivity contribution in [2.24, 2.45) is 5.92 Å². The fourth-order valence-corrected chi connectivity index (χ4v) is 4.39. The molecule has 1 aliphatic heterocycles. The molecule has 0 bridgehead atoms. The highest BCUT2D eigenvalue weighted by Gasteiger charge is 2.24. The molecule has 2 aliphatic rings. The van der Waals surface area contributed by atoms with Gasteiger partial charge in [-0.2, -0.15) is 0 Å². The van der Waals surface area contributed by atoms with Gasteiger partial charge >= 0.3 is 0 Å². The molecule has 1 aromatic rings. The number of halogens is 1. The van der Waals surface area contributed by atoms with Gasteiger partial charge in [0.1, 0.15) is 12.4 Å². The van der Waals surface area contributed by atoms with Gasteiger partial charge in [0.15, 0.2) is 0 Å². The lowest BCUT2D eigenvalue weighted by molar-refractivity contribution is -0.128. The van der Waals surface area contributed by atoms with Gasteiger partial charge in [-0.15, -0.1) is 0 Å². The summed E-state index contributed by atoms with van der Waals surface area (Å²) in [6, 6.07) is 7.36. The fourth-order valence-electron chi connectivity index (χ4n) is 4.39. The molecule has 0 spiro atoms. The lowest BCUT2D eigenvalue weighted by Crippen LogP contribution is -2.47. The van der Waals surface area contributed by atoms with E-state index in [1.165, 1.54) is 25.3 Å². The maximum atomic E-state index is 14.0. The number of nitrogens with one attached hydrogen (secondary N) is 1. The van der Waals surface area contributed by atoms with Gasteiger partial charge in [0, 0.05) is 32.2 Å². The minimum atomic E-state index is -0.124. The van der Waals surface area contributed by atoms with E-state index in [0.29, 0.717) is 6.04 Å². The number of para-hydroxylation sites is 1. The van der Waals surface area contributed by atoms with Gasteiger partial charge in [0.25, 0.3) is 0 Å². The number of carbonyl (C=O) groups is 1. The predicted molar refractivity (Wildman–Crippen MR) is 115 cm³/mol. The van der Waals surface area contributed by atoms with Crippen LogP contribution in [0.4, 0.5) is 10.1 Å². The van der Waals surface area contributed by atoms with Crippen molar-refractivity contribution < 1.29 is 13.9 Å². The predicted octanol–water partition coefficient (Wildman–Crippen LogP) is 3.44. The molecule has 1 heterocycles. The molecule has 5 nitrogen and oxygen atoms in total. The van der Waals surface area contributed by atoms with E-state index < -0.39 is 0 Å². The number of nitrogens with zero attached hydrogens (tertiary/aromatic N) is 2. The first-order chi connectivity index (χ1) is 14.0. The van der Waals surface area contributed by atoms with Crippen LogP contribution < -0.4 is 10.2 Å². The maximum Gasteiger partial charge on any atom is 0.246 e. The van der Waals surface area contributed by atoms with E-state index >= 15 is 0 Å². The van der Waals surface area contributed by atoms with E-state index in [4.69, 9.17) is 4.74 Å². The monoisotopic (exact) mass is 405 g/mol. The smallest absolute Gasteiger partial charge is 0.246 e. The Balaban J connectivity index is 1.30. The van der Waals surface area contributed by atoms with Crippen LogP contribution in [-0.2, 0) is 9.53 Å². The van der Waals surface area contributed by atoms with Crippen molar-refractivity contribution in [3.8, 4) is 0 Å². The third kappa shape index (κ3) is 6.96. The molecule has 1 aliphatic carbocycles. The summed E-state index contributed by atoms with van der Waals surface area (Å²) >= 11 is 0. The first-order valence-electron chi connectivity index (χ1n) is 11.1. The summed E-state index contributed by atoms with van der Waals surface area (Å²) in [4.78, 5) is 16.6. The van der Waals surface area contributed by atoms with Crippen LogP contribution >= 0.6 is 0 Å². The molecule has 0 atom stereocenters. The van der Waals surface area contributed by atoms with Gasteiger partial charge in [0.05, 0.1) is 11.8 Å². The van der Waals surface area contributed by atoms with E-state index in [0.717, 1.165) is 57.2 Å². The number of hydrogen-bond acceptors (Lipinski definition) is 4. The lowest BCUT2D eigenvalue weighted by Gasteiger charge is -2.37. The normalized spacial score (nSPS) is 23.4. The number of ether oxygens (including phenoxy) is 1. The van der Waals surface area contributed by atoms with Crippen molar-refractivity contribution >= 4 is 11.6 Å². The molecule has 2 fully saturated rings. The number of piperazine rings is 1. The number of amides is 1. The Morgan fingerprint density at radius 1 is 1.14 bits per heavy atom. The van der Waals surface area contributed by atoms with E-state index in [1.54, 1.807) is 6.07 Å². The number of carbonyl (C=O) groups excluding carboxylic acids is 1. The SMILES string of the molecule is CC(C)OCC(=O)NC1CCC(CCN2CCN(c3ccccc3F)CC2)CC1. The molecule has 0 radical (unpaired) electrons. The standard InChI is InChI=1S/C23H36FN3O2/c1-18(2)29-17-23(28)25-20-9-7-19(8-10-20)11-12-26-13-15-27(16-14-26)22-6-4-3-5-21(22)24/h3-6,18-20H,7-17H2,1-2H3,(H,25,28). The van der Waals surface area contributed by atoms with Gasteiger partial charge in [-0.05, 0) is 70.5 Å². The second-order valence-electron chi connectivity index (χ2n) is 8.71. The second kappa shape index (κ2) is 10.9. The van der Waals surface area contributed by atoms with Crippen molar-refractivity contribution in [1.82, 2.24) is 10.2 Å². The van der Waals surface area contributed by atoms with Gasteiger partial charge in [-0.25, -0.2) is 4.39 Å². The topological polar surface area (TPSA) is 44.8 Å². The van der Waals surface area contributed by atoms with Crippen molar-refractivity contribution in [3.63, 3.8) is 0 Å². The molecule has 1 amide bonds. The van der Waals surface area contributed by atoms with Crippen LogP contribution in [0.15, 0.2) is 24.3 Å². The van der Waals surface area contributed by atoms with Crippen molar-refractivity contribution in [2.75, 3.05) is 44.2 Å². The molecule has 0 aromatic heterocycles. The fraction of sp³-hybridized carbons (Fsp3) is 0.696. The zero-order valence-electron chi connectivity index (χ0n) is 17.9. The highest BCUT2D eigenvalue weighted by atomic mass is 19.1. The van der Waals surface area contributed by atoms with Gasteiger partial charge in [-0.1, -0.05) is 12.1 Å². The summed E-state index contributed by atoms with van der Waals surface area (Å²) in [6.45, 7) is 8.93. The first kappa shape index (κ1) is 22.0. The Morgan fingerprint density at radius 2 is 1.83 bits per heavy atom. The maximum absolute atomic E-state index is 14.0. The van der Waals surface area contributed by atoms with Crippen molar-refractivity contribution in [1.29, 1.82) is 0 Å². The summed E-state index contributed by atoms with van der Waals surface area (Å²) in [5.74, 6) is 0.634. The lowest BCUT2D eigenvalue weighted by atomic mass is 9.84. The van der Waals surface area contributed by atoms with Gasteiger partial charge in [-0.3, -0.25) is 9.69 Å². The van der Waals surface area contributed by atoms with Crippen molar-refractivity contribution in [2.45, 2.75) is 58.1 Å². The molecule has 1 aromatic carbocycles. The number of benzene rings is 1. The first-order valence-corrected chi connectivity index (χ1v) is 11.1. The Labute approximate surface area is 174 Å². The number of rotatable bonds is 8. The minimum absolute atomic E-state index is 0.00914. The Bertz CT molecular complexity index is 639. The van der Waals surface area contributed by atoms with Crippen molar-refractivity contribution in [3.05, 3.63) is 30.1 Å². The van der Waals surface area contributed by atoms with Gasteiger partial charge in [0.2, 0.25) is 5.91 Å². The Morgan fingerprint density at radius 3 is 2.48 bits per heavy atom. The molecule has 3 rings (SSSR count). The molecule has 29 heavy (non-hydrogen) atoms. The molecule has 1 N–H and O–H groups in total. The molecule has 0 unspecified atom stereocenters. The molecule has 1 saturated heterocycles. The van der Waals surface area contributed by atoms with Crippen LogP contribution in [0.25, 0.3) is 0 Å². The van der Waals surface area contributed by atoms with E-state index in [9.17, 15) is 9.18 Å². The Kier molecular flexibility index (Phi) is 8.30. The van der Waals surface area contributed by atoms with E-state index in [1.807, 2.05) is 26.0 Å². The summed E-state index contributed by atoms with van der Waals surface area (Å²) in [5.41, 5.74) is 0.728. The summed E-state index contributed by atoms with van der Waals surface area (Å²) < 4.78 is 19.3. The highest BCUT2D eigenvalue weighted by molar-refractivity contribution is 5.77. The van der Waals surface area contributed by atoms with Crippen LogP contribution in [-0.4, -0.2) is 62.3 Å². The molecule has 1 saturated carbocycles. The molecule has 6 heteroatoms. The third-order valence-electron chi connectivity index (χ3n) is 6.18. The van der Waals surface area contributed by atoms with Crippen LogP contribution in [0.3, 0.4) is 0 Å². The average Bonchev–Trinajstić information content (AvgIpc) is 2.73. The largest absolute Gasteiger partial charge is 0.369 e. The van der Waals surface area contributed by atoms with E-state index in [2.05, 4.69) is 15.1 Å². The molecule has 162 valence electrons. The minimum Gasteiger partial charge on any atom is -0.369 e.